The third kappa shape index (κ3) is 4.96. The van der Waals surface area contributed by atoms with Crippen molar-refractivity contribution in [3.05, 3.63) is 170 Å². The summed E-state index contributed by atoms with van der Waals surface area (Å²) in [7, 11) is 0. The van der Waals surface area contributed by atoms with Crippen molar-refractivity contribution in [2.75, 3.05) is 0 Å². The highest BCUT2D eigenvalue weighted by Crippen LogP contribution is 2.50. The average molecular weight is 658 g/mol. The molecule has 3 heteroatoms. The number of rotatable bonds is 3. The summed E-state index contributed by atoms with van der Waals surface area (Å²) in [4.78, 5) is 0. The molecule has 0 amide bonds. The van der Waals surface area contributed by atoms with Crippen LogP contribution in [0.2, 0.25) is 0 Å². The lowest BCUT2D eigenvalue weighted by atomic mass is 9.92. The zero-order valence-corrected chi connectivity index (χ0v) is 28.1. The van der Waals surface area contributed by atoms with E-state index in [0.717, 1.165) is 74.8 Å². The minimum absolute atomic E-state index is 0.312. The van der Waals surface area contributed by atoms with Crippen molar-refractivity contribution < 1.29 is 9.47 Å². The van der Waals surface area contributed by atoms with Crippen LogP contribution >= 0.6 is 0 Å². The molecule has 0 radical (unpaired) electrons. The second-order valence-electron chi connectivity index (χ2n) is 13.5. The van der Waals surface area contributed by atoms with Crippen molar-refractivity contribution in [2.24, 2.45) is 0 Å². The van der Waals surface area contributed by atoms with Gasteiger partial charge in [0.2, 0.25) is 0 Å². The van der Waals surface area contributed by atoms with Crippen LogP contribution in [0.4, 0.5) is 0 Å². The van der Waals surface area contributed by atoms with Gasteiger partial charge in [0, 0.05) is 44.1 Å². The van der Waals surface area contributed by atoms with Gasteiger partial charge in [0.1, 0.15) is 23.0 Å². The van der Waals surface area contributed by atoms with Crippen molar-refractivity contribution in [2.45, 2.75) is 25.3 Å². The molecule has 51 heavy (non-hydrogen) atoms. The quantitative estimate of drug-likeness (QED) is 0.177. The first kappa shape index (κ1) is 29.6. The number of nitrogens with zero attached hydrogens (tertiary/aromatic N) is 1. The summed E-state index contributed by atoms with van der Waals surface area (Å²) < 4.78 is 16.6. The molecule has 244 valence electrons. The standard InChI is InChI=1S/C48H35NO2/c1-3-15-32(16-4-1)35-22-14-28-46-47(35)40-21-9-12-27-44(40)50-43-26-11-8-20-38(43)41-31-33(29-30-45(41)51-46)36-23-13-24-39-37-19-7-10-25-42(37)49(48(36)39)34-17-5-2-6-18-34/h1,3-5,7-17,19-31,34H,2,6,18H2. The lowest BCUT2D eigenvalue weighted by Crippen LogP contribution is -2.09. The lowest BCUT2D eigenvalue weighted by molar-refractivity contribution is 0.472. The Labute approximate surface area is 297 Å². The van der Waals surface area contributed by atoms with Crippen LogP contribution in [-0.4, -0.2) is 4.57 Å². The maximum absolute atomic E-state index is 7.07. The number of ether oxygens (including phenoxy) is 2. The van der Waals surface area contributed by atoms with Crippen LogP contribution in [0.15, 0.2) is 170 Å². The molecular formula is C48H35NO2. The molecule has 0 spiro atoms. The summed E-state index contributed by atoms with van der Waals surface area (Å²) >= 11 is 0. The Kier molecular flexibility index (Phi) is 7.09. The topological polar surface area (TPSA) is 23.4 Å². The Balaban J connectivity index is 1.22. The van der Waals surface area contributed by atoms with E-state index in [1.54, 1.807) is 0 Å². The zero-order chi connectivity index (χ0) is 33.7. The summed E-state index contributed by atoms with van der Waals surface area (Å²) in [6.45, 7) is 0. The van der Waals surface area contributed by atoms with Crippen LogP contribution in [0.1, 0.15) is 25.3 Å². The normalized spacial score (nSPS) is 14.9. The van der Waals surface area contributed by atoms with Crippen molar-refractivity contribution in [1.29, 1.82) is 0 Å². The number of fused-ring (bicyclic) bond motifs is 9. The van der Waals surface area contributed by atoms with Gasteiger partial charge in [0.25, 0.3) is 0 Å². The minimum Gasteiger partial charge on any atom is -0.456 e. The largest absolute Gasteiger partial charge is 0.456 e. The Morgan fingerprint density at radius 3 is 1.98 bits per heavy atom. The second kappa shape index (κ2) is 12.2. The summed E-state index contributed by atoms with van der Waals surface area (Å²) in [6.07, 6.45) is 8.22. The molecule has 1 unspecified atom stereocenters. The molecule has 0 bridgehead atoms. The third-order valence-corrected chi connectivity index (χ3v) is 10.5. The molecule has 0 N–H and O–H groups in total. The molecule has 1 aromatic heterocycles. The molecule has 8 aromatic rings. The monoisotopic (exact) mass is 657 g/mol. The van der Waals surface area contributed by atoms with Crippen LogP contribution in [0.25, 0.3) is 66.3 Å². The average Bonchev–Trinajstić information content (AvgIpc) is 3.54. The Morgan fingerprint density at radius 1 is 0.471 bits per heavy atom. The number of allylic oxidation sites excluding steroid dienone is 2. The van der Waals surface area contributed by atoms with Gasteiger partial charge in [-0.15, -0.1) is 0 Å². The van der Waals surface area contributed by atoms with Gasteiger partial charge < -0.3 is 14.0 Å². The Hall–Kier alpha value is -6.32. The fourth-order valence-corrected chi connectivity index (χ4v) is 8.17. The number of benzene rings is 7. The van der Waals surface area contributed by atoms with Gasteiger partial charge in [-0.25, -0.2) is 0 Å². The number of aromatic nitrogens is 1. The fraction of sp³-hybridized carbons (Fsp3) is 0.0833. The SMILES string of the molecule is C1=CC(n2c3ccccc3c3cccc(-c4ccc5c(c4)-c4ccccc4Oc4ccccc4-c4c(cccc4-c4ccccc4)O5)c32)CCC1. The molecule has 0 saturated heterocycles. The van der Waals surface area contributed by atoms with E-state index in [4.69, 9.17) is 9.47 Å². The first-order valence-electron chi connectivity index (χ1n) is 17.9. The predicted octanol–water partition coefficient (Wildman–Crippen LogP) is 13.6. The molecule has 0 saturated carbocycles. The van der Waals surface area contributed by atoms with E-state index in [9.17, 15) is 0 Å². The van der Waals surface area contributed by atoms with E-state index < -0.39 is 0 Å². The smallest absolute Gasteiger partial charge is 0.136 e. The number of hydrogen-bond donors (Lipinski definition) is 0. The number of para-hydroxylation sites is 4. The van der Waals surface area contributed by atoms with Crippen LogP contribution < -0.4 is 9.47 Å². The minimum atomic E-state index is 0.312. The molecular weight excluding hydrogens is 623 g/mol. The first-order chi connectivity index (χ1) is 25.3. The highest BCUT2D eigenvalue weighted by atomic mass is 16.5. The molecule has 7 aromatic carbocycles. The van der Waals surface area contributed by atoms with Gasteiger partial charge in [-0.05, 0) is 72.4 Å². The molecule has 1 atom stereocenters. The second-order valence-corrected chi connectivity index (χ2v) is 13.5. The molecule has 1 aliphatic heterocycles. The van der Waals surface area contributed by atoms with Gasteiger partial charge in [-0.2, -0.15) is 0 Å². The van der Waals surface area contributed by atoms with Gasteiger partial charge >= 0.3 is 0 Å². The molecule has 0 fully saturated rings. The van der Waals surface area contributed by atoms with Crippen molar-refractivity contribution in [3.8, 4) is 67.5 Å². The molecule has 3 nitrogen and oxygen atoms in total. The highest BCUT2D eigenvalue weighted by molar-refractivity contribution is 6.13. The Morgan fingerprint density at radius 2 is 1.12 bits per heavy atom. The molecule has 2 aliphatic rings. The zero-order valence-electron chi connectivity index (χ0n) is 28.1. The van der Waals surface area contributed by atoms with Gasteiger partial charge in [-0.1, -0.05) is 133 Å². The Bertz CT molecular complexity index is 2630. The lowest BCUT2D eigenvalue weighted by Gasteiger charge is -2.24. The molecule has 10 rings (SSSR count). The van der Waals surface area contributed by atoms with Crippen molar-refractivity contribution in [1.82, 2.24) is 4.57 Å². The maximum atomic E-state index is 7.07. The van der Waals surface area contributed by atoms with Crippen molar-refractivity contribution >= 4 is 21.8 Å². The maximum Gasteiger partial charge on any atom is 0.136 e. The van der Waals surface area contributed by atoms with E-state index in [1.165, 1.54) is 33.8 Å². The summed E-state index contributed by atoms with van der Waals surface area (Å²) in [5.74, 6) is 3.13. The van der Waals surface area contributed by atoms with Crippen LogP contribution in [0.3, 0.4) is 0 Å². The highest BCUT2D eigenvalue weighted by Gasteiger charge is 2.25. The molecule has 2 heterocycles. The van der Waals surface area contributed by atoms with Crippen LogP contribution in [0, 0.1) is 0 Å². The van der Waals surface area contributed by atoms with Gasteiger partial charge in [-0.3, -0.25) is 0 Å². The van der Waals surface area contributed by atoms with E-state index >= 15 is 0 Å². The van der Waals surface area contributed by atoms with E-state index in [-0.39, 0.29) is 0 Å². The molecule has 1 aliphatic carbocycles. The van der Waals surface area contributed by atoms with Crippen molar-refractivity contribution in [3.63, 3.8) is 0 Å². The van der Waals surface area contributed by atoms with Gasteiger partial charge in [0.05, 0.1) is 11.6 Å². The van der Waals surface area contributed by atoms with E-state index in [2.05, 4.69) is 162 Å². The predicted molar refractivity (Wildman–Crippen MR) is 210 cm³/mol. The van der Waals surface area contributed by atoms with Gasteiger partial charge in [0.15, 0.2) is 0 Å². The van der Waals surface area contributed by atoms with E-state index in [1.807, 2.05) is 12.1 Å². The van der Waals surface area contributed by atoms with Crippen LogP contribution in [-0.2, 0) is 0 Å². The third-order valence-electron chi connectivity index (χ3n) is 10.5. The van der Waals surface area contributed by atoms with Crippen LogP contribution in [0.5, 0.6) is 23.0 Å². The summed E-state index contributed by atoms with van der Waals surface area (Å²) in [5, 5.41) is 2.57. The first-order valence-corrected chi connectivity index (χ1v) is 17.9. The summed E-state index contributed by atoms with van der Waals surface area (Å²) in [5.41, 5.74) is 11.1. The number of hydrogen-bond acceptors (Lipinski definition) is 2. The van der Waals surface area contributed by atoms with E-state index in [0.29, 0.717) is 6.04 Å². The fourth-order valence-electron chi connectivity index (χ4n) is 8.17. The summed E-state index contributed by atoms with van der Waals surface area (Å²) in [6, 6.07) is 56.0.